The Morgan fingerprint density at radius 1 is 1.19 bits per heavy atom. The Morgan fingerprint density at radius 3 is 2.50 bits per heavy atom. The Labute approximate surface area is 98.8 Å². The lowest BCUT2D eigenvalue weighted by Gasteiger charge is -2.46. The predicted molar refractivity (Wildman–Crippen MR) is 65.2 cm³/mol. The molecule has 0 radical (unpaired) electrons. The summed E-state index contributed by atoms with van der Waals surface area (Å²) in [4.78, 5) is 16.9. The maximum Gasteiger partial charge on any atom is 0.228 e. The topological polar surface area (TPSA) is 23.6 Å². The standard InChI is InChI=1S/C13H24N2O/c1-12(2,3)11(16)14-8-9-15-7-5-6-13(15,4)10-14/h5-10H2,1-4H3. The molecule has 1 amide bonds. The first-order chi connectivity index (χ1) is 7.33. The van der Waals surface area contributed by atoms with Crippen molar-refractivity contribution < 1.29 is 4.79 Å². The summed E-state index contributed by atoms with van der Waals surface area (Å²) < 4.78 is 0. The van der Waals surface area contributed by atoms with Gasteiger partial charge in [0, 0.05) is 30.6 Å². The van der Waals surface area contributed by atoms with Crippen LogP contribution >= 0.6 is 0 Å². The van der Waals surface area contributed by atoms with E-state index in [1.807, 2.05) is 20.8 Å². The summed E-state index contributed by atoms with van der Waals surface area (Å²) in [6, 6.07) is 0. The van der Waals surface area contributed by atoms with Gasteiger partial charge in [-0.3, -0.25) is 9.69 Å². The summed E-state index contributed by atoms with van der Waals surface area (Å²) in [5, 5.41) is 0. The van der Waals surface area contributed by atoms with Gasteiger partial charge in [-0.15, -0.1) is 0 Å². The zero-order chi connectivity index (χ0) is 12.0. The molecule has 2 aliphatic heterocycles. The fraction of sp³-hybridized carbons (Fsp3) is 0.923. The van der Waals surface area contributed by atoms with Gasteiger partial charge in [-0.25, -0.2) is 0 Å². The first kappa shape index (κ1) is 11.9. The van der Waals surface area contributed by atoms with E-state index in [0.29, 0.717) is 5.91 Å². The summed E-state index contributed by atoms with van der Waals surface area (Å²) in [5.41, 5.74) is 0.0102. The van der Waals surface area contributed by atoms with Crippen molar-refractivity contribution in [1.82, 2.24) is 9.80 Å². The van der Waals surface area contributed by atoms with E-state index in [2.05, 4.69) is 16.7 Å². The van der Waals surface area contributed by atoms with Crippen LogP contribution in [0.3, 0.4) is 0 Å². The molecular weight excluding hydrogens is 200 g/mol. The molecule has 2 saturated heterocycles. The average molecular weight is 224 g/mol. The van der Waals surface area contributed by atoms with Crippen LogP contribution in [0.25, 0.3) is 0 Å². The number of carbonyl (C=O) groups excluding carboxylic acids is 1. The summed E-state index contributed by atoms with van der Waals surface area (Å²) >= 11 is 0. The van der Waals surface area contributed by atoms with E-state index in [-0.39, 0.29) is 11.0 Å². The summed E-state index contributed by atoms with van der Waals surface area (Å²) in [6.45, 7) is 12.4. The molecule has 2 fully saturated rings. The van der Waals surface area contributed by atoms with Crippen molar-refractivity contribution in [1.29, 1.82) is 0 Å². The van der Waals surface area contributed by atoms with E-state index in [4.69, 9.17) is 0 Å². The summed E-state index contributed by atoms with van der Waals surface area (Å²) in [7, 11) is 0. The number of fused-ring (bicyclic) bond motifs is 1. The highest BCUT2D eigenvalue weighted by Crippen LogP contribution is 2.33. The third-order valence-corrected chi connectivity index (χ3v) is 4.01. The number of nitrogens with zero attached hydrogens (tertiary/aromatic N) is 2. The van der Waals surface area contributed by atoms with E-state index in [9.17, 15) is 4.79 Å². The molecule has 3 nitrogen and oxygen atoms in total. The van der Waals surface area contributed by atoms with E-state index in [0.717, 1.165) is 19.6 Å². The van der Waals surface area contributed by atoms with E-state index in [1.165, 1.54) is 19.4 Å². The van der Waals surface area contributed by atoms with E-state index < -0.39 is 0 Å². The zero-order valence-corrected chi connectivity index (χ0v) is 11.0. The Balaban J connectivity index is 2.08. The molecule has 0 aromatic heterocycles. The molecule has 1 atom stereocenters. The number of amides is 1. The molecule has 16 heavy (non-hydrogen) atoms. The molecule has 0 aromatic carbocycles. The summed E-state index contributed by atoms with van der Waals surface area (Å²) in [6.07, 6.45) is 2.52. The van der Waals surface area contributed by atoms with Crippen LogP contribution in [0.5, 0.6) is 0 Å². The highest BCUT2D eigenvalue weighted by atomic mass is 16.2. The molecule has 2 aliphatic rings. The van der Waals surface area contributed by atoms with Crippen molar-refractivity contribution in [2.24, 2.45) is 5.41 Å². The highest BCUT2D eigenvalue weighted by molar-refractivity contribution is 5.81. The third kappa shape index (κ3) is 1.97. The maximum atomic E-state index is 12.3. The molecule has 0 spiro atoms. The largest absolute Gasteiger partial charge is 0.339 e. The Bertz CT molecular complexity index is 295. The normalized spacial score (nSPS) is 31.6. The quantitative estimate of drug-likeness (QED) is 0.625. The van der Waals surface area contributed by atoms with Crippen LogP contribution in [0.2, 0.25) is 0 Å². The molecule has 0 N–H and O–H groups in total. The van der Waals surface area contributed by atoms with Gasteiger partial charge >= 0.3 is 0 Å². The first-order valence-electron chi connectivity index (χ1n) is 6.37. The van der Waals surface area contributed by atoms with Crippen LogP contribution in [0.1, 0.15) is 40.5 Å². The maximum absolute atomic E-state index is 12.3. The highest BCUT2D eigenvalue weighted by Gasteiger charge is 2.43. The van der Waals surface area contributed by atoms with Gasteiger partial charge in [0.1, 0.15) is 0 Å². The molecule has 0 aliphatic carbocycles. The van der Waals surface area contributed by atoms with Crippen LogP contribution in [0.15, 0.2) is 0 Å². The monoisotopic (exact) mass is 224 g/mol. The van der Waals surface area contributed by atoms with Crippen LogP contribution in [0, 0.1) is 5.41 Å². The van der Waals surface area contributed by atoms with Gasteiger partial charge in [0.2, 0.25) is 5.91 Å². The molecule has 3 heteroatoms. The number of hydrogen-bond donors (Lipinski definition) is 0. The number of hydrogen-bond acceptors (Lipinski definition) is 2. The second-order valence-electron chi connectivity index (χ2n) is 6.56. The van der Waals surface area contributed by atoms with Crippen molar-refractivity contribution in [2.75, 3.05) is 26.2 Å². The molecule has 2 heterocycles. The third-order valence-electron chi connectivity index (χ3n) is 4.01. The van der Waals surface area contributed by atoms with Gasteiger partial charge in [0.05, 0.1) is 0 Å². The number of rotatable bonds is 0. The van der Waals surface area contributed by atoms with Crippen LogP contribution in [-0.4, -0.2) is 47.4 Å². The molecular formula is C13H24N2O. The Hall–Kier alpha value is -0.570. The second kappa shape index (κ2) is 3.73. The lowest BCUT2D eigenvalue weighted by atomic mass is 9.91. The van der Waals surface area contributed by atoms with E-state index in [1.54, 1.807) is 0 Å². The van der Waals surface area contributed by atoms with Gasteiger partial charge < -0.3 is 4.90 Å². The Kier molecular flexibility index (Phi) is 2.77. The Morgan fingerprint density at radius 2 is 1.88 bits per heavy atom. The SMILES string of the molecule is CC(C)(C)C(=O)N1CCN2CCCC2(C)C1. The number of piperazine rings is 1. The van der Waals surface area contributed by atoms with Crippen molar-refractivity contribution in [3.63, 3.8) is 0 Å². The van der Waals surface area contributed by atoms with E-state index >= 15 is 0 Å². The minimum Gasteiger partial charge on any atom is -0.339 e. The molecule has 2 rings (SSSR count). The first-order valence-corrected chi connectivity index (χ1v) is 6.37. The fourth-order valence-electron chi connectivity index (χ4n) is 3.02. The molecule has 1 unspecified atom stereocenters. The van der Waals surface area contributed by atoms with Gasteiger partial charge in [0.25, 0.3) is 0 Å². The molecule has 0 saturated carbocycles. The molecule has 0 aromatic rings. The predicted octanol–water partition coefficient (Wildman–Crippen LogP) is 1.73. The lowest BCUT2D eigenvalue weighted by Crippen LogP contribution is -2.60. The van der Waals surface area contributed by atoms with Gasteiger partial charge in [0.15, 0.2) is 0 Å². The van der Waals surface area contributed by atoms with Crippen molar-refractivity contribution >= 4 is 5.91 Å². The van der Waals surface area contributed by atoms with Gasteiger partial charge in [-0.2, -0.15) is 0 Å². The van der Waals surface area contributed by atoms with Crippen molar-refractivity contribution in [2.45, 2.75) is 46.1 Å². The average Bonchev–Trinajstić information content (AvgIpc) is 2.55. The smallest absolute Gasteiger partial charge is 0.228 e. The lowest BCUT2D eigenvalue weighted by molar-refractivity contribution is -0.144. The van der Waals surface area contributed by atoms with Crippen LogP contribution in [-0.2, 0) is 4.79 Å². The fourth-order valence-corrected chi connectivity index (χ4v) is 3.02. The van der Waals surface area contributed by atoms with Gasteiger partial charge in [-0.1, -0.05) is 20.8 Å². The van der Waals surface area contributed by atoms with Crippen molar-refractivity contribution in [3.05, 3.63) is 0 Å². The minimum atomic E-state index is -0.239. The molecule has 0 bridgehead atoms. The zero-order valence-electron chi connectivity index (χ0n) is 11.0. The van der Waals surface area contributed by atoms with Crippen LogP contribution < -0.4 is 0 Å². The molecule has 92 valence electrons. The minimum absolute atomic E-state index is 0.239. The van der Waals surface area contributed by atoms with Crippen LogP contribution in [0.4, 0.5) is 0 Å². The second-order valence-corrected chi connectivity index (χ2v) is 6.56. The van der Waals surface area contributed by atoms with Crippen molar-refractivity contribution in [3.8, 4) is 0 Å². The van der Waals surface area contributed by atoms with Gasteiger partial charge in [-0.05, 0) is 26.3 Å². The summed E-state index contributed by atoms with van der Waals surface area (Å²) in [5.74, 6) is 0.306. The number of carbonyl (C=O) groups is 1.